The zero-order valence-corrected chi connectivity index (χ0v) is 11.7. The van der Waals surface area contributed by atoms with Crippen LogP contribution in [0.3, 0.4) is 0 Å². The van der Waals surface area contributed by atoms with E-state index >= 15 is 0 Å². The minimum Gasteiger partial charge on any atom is -0.491 e. The highest BCUT2D eigenvalue weighted by atomic mass is 16.5. The molecule has 1 aliphatic rings. The third kappa shape index (κ3) is 4.20. The van der Waals surface area contributed by atoms with Crippen molar-refractivity contribution in [1.29, 1.82) is 5.26 Å². The number of rotatable bonds is 5. The molecule has 1 aromatic carbocycles. The summed E-state index contributed by atoms with van der Waals surface area (Å²) in [7, 11) is 0. The van der Waals surface area contributed by atoms with Crippen molar-refractivity contribution in [2.24, 2.45) is 0 Å². The molecular formula is C15H20N2O3. The zero-order chi connectivity index (χ0) is 14.4. The molecule has 0 aromatic heterocycles. The first kappa shape index (κ1) is 14.8. The summed E-state index contributed by atoms with van der Waals surface area (Å²) < 4.78 is 10.9. The van der Waals surface area contributed by atoms with E-state index in [1.807, 2.05) is 13.0 Å². The Morgan fingerprint density at radius 3 is 2.90 bits per heavy atom. The van der Waals surface area contributed by atoms with Crippen LogP contribution in [0, 0.1) is 18.3 Å². The third-order valence-corrected chi connectivity index (χ3v) is 3.32. The molecule has 5 nitrogen and oxygen atoms in total. The molecule has 108 valence electrons. The van der Waals surface area contributed by atoms with E-state index in [0.29, 0.717) is 17.9 Å². The Labute approximate surface area is 119 Å². The summed E-state index contributed by atoms with van der Waals surface area (Å²) in [6.45, 7) is 5.87. The Morgan fingerprint density at radius 1 is 1.45 bits per heavy atom. The van der Waals surface area contributed by atoms with Gasteiger partial charge in [0.2, 0.25) is 0 Å². The fourth-order valence-electron chi connectivity index (χ4n) is 2.15. The van der Waals surface area contributed by atoms with Crippen molar-refractivity contribution in [3.63, 3.8) is 0 Å². The zero-order valence-electron chi connectivity index (χ0n) is 11.7. The molecule has 0 saturated carbocycles. The van der Waals surface area contributed by atoms with Crippen LogP contribution >= 0.6 is 0 Å². The summed E-state index contributed by atoms with van der Waals surface area (Å²) in [6, 6.07) is 7.39. The van der Waals surface area contributed by atoms with E-state index in [2.05, 4.69) is 11.0 Å². The van der Waals surface area contributed by atoms with Crippen LogP contribution in [0.5, 0.6) is 5.75 Å². The number of aliphatic hydroxyl groups is 1. The van der Waals surface area contributed by atoms with E-state index in [4.69, 9.17) is 14.7 Å². The fourth-order valence-corrected chi connectivity index (χ4v) is 2.15. The molecule has 1 heterocycles. The number of β-amino-alcohol motifs (C(OH)–C–C–N with tert-alkyl or cyclic N) is 1. The Balaban J connectivity index is 1.83. The van der Waals surface area contributed by atoms with Crippen molar-refractivity contribution < 1.29 is 14.6 Å². The molecule has 1 fully saturated rings. The average Bonchev–Trinajstić information content (AvgIpc) is 2.47. The summed E-state index contributed by atoms with van der Waals surface area (Å²) in [4.78, 5) is 2.16. The molecular weight excluding hydrogens is 256 g/mol. The van der Waals surface area contributed by atoms with Gasteiger partial charge in [-0.25, -0.2) is 0 Å². The van der Waals surface area contributed by atoms with Crippen LogP contribution < -0.4 is 4.74 Å². The van der Waals surface area contributed by atoms with Crippen molar-refractivity contribution in [2.75, 3.05) is 39.5 Å². The minimum absolute atomic E-state index is 0.229. The molecule has 0 radical (unpaired) electrons. The Hall–Kier alpha value is -1.61. The number of hydrogen-bond acceptors (Lipinski definition) is 5. The van der Waals surface area contributed by atoms with Crippen LogP contribution in [0.15, 0.2) is 18.2 Å². The highest BCUT2D eigenvalue weighted by molar-refractivity contribution is 5.41. The van der Waals surface area contributed by atoms with Crippen LogP contribution in [0.1, 0.15) is 11.1 Å². The van der Waals surface area contributed by atoms with Crippen molar-refractivity contribution in [2.45, 2.75) is 13.0 Å². The molecule has 0 aliphatic carbocycles. The number of nitriles is 1. The number of aliphatic hydroxyl groups excluding tert-OH is 1. The third-order valence-electron chi connectivity index (χ3n) is 3.32. The second kappa shape index (κ2) is 7.25. The van der Waals surface area contributed by atoms with E-state index in [9.17, 15) is 5.11 Å². The van der Waals surface area contributed by atoms with E-state index in [1.54, 1.807) is 12.1 Å². The molecule has 20 heavy (non-hydrogen) atoms. The van der Waals surface area contributed by atoms with Gasteiger partial charge in [0.15, 0.2) is 0 Å². The predicted octanol–water partition coefficient (Wildman–Crippen LogP) is 0.939. The lowest BCUT2D eigenvalue weighted by Crippen LogP contribution is -2.42. The highest BCUT2D eigenvalue weighted by Crippen LogP contribution is 2.19. The molecule has 0 bridgehead atoms. The lowest BCUT2D eigenvalue weighted by atomic mass is 10.1. The molecule has 0 amide bonds. The molecule has 5 heteroatoms. The van der Waals surface area contributed by atoms with Gasteiger partial charge in [0, 0.05) is 19.6 Å². The standard InChI is InChI=1S/C15H20N2O3/c1-12-2-3-13(9-16)8-15(12)20-11-14(18)10-17-4-6-19-7-5-17/h2-3,8,14,18H,4-7,10-11H2,1H3. The molecule has 1 N–H and O–H groups in total. The summed E-state index contributed by atoms with van der Waals surface area (Å²) in [6.07, 6.45) is -0.543. The number of benzene rings is 1. The van der Waals surface area contributed by atoms with Crippen LogP contribution in [0.25, 0.3) is 0 Å². The first-order valence-corrected chi connectivity index (χ1v) is 6.81. The second-order valence-electron chi connectivity index (χ2n) is 4.97. The smallest absolute Gasteiger partial charge is 0.123 e. The van der Waals surface area contributed by atoms with Crippen LogP contribution in [-0.2, 0) is 4.74 Å². The van der Waals surface area contributed by atoms with E-state index < -0.39 is 6.10 Å². The molecule has 1 aromatic rings. The summed E-state index contributed by atoms with van der Waals surface area (Å²) in [5, 5.41) is 18.9. The first-order valence-electron chi connectivity index (χ1n) is 6.81. The van der Waals surface area contributed by atoms with Crippen molar-refractivity contribution in [1.82, 2.24) is 4.90 Å². The number of morpholine rings is 1. The highest BCUT2D eigenvalue weighted by Gasteiger charge is 2.15. The molecule has 1 unspecified atom stereocenters. The van der Waals surface area contributed by atoms with Gasteiger partial charge < -0.3 is 14.6 Å². The maximum atomic E-state index is 10.0. The number of aryl methyl sites for hydroxylation is 1. The van der Waals surface area contributed by atoms with Crippen molar-refractivity contribution in [3.8, 4) is 11.8 Å². The van der Waals surface area contributed by atoms with Crippen LogP contribution in [0.4, 0.5) is 0 Å². The van der Waals surface area contributed by atoms with Gasteiger partial charge >= 0.3 is 0 Å². The predicted molar refractivity (Wildman–Crippen MR) is 74.7 cm³/mol. The Morgan fingerprint density at radius 2 is 2.20 bits per heavy atom. The summed E-state index contributed by atoms with van der Waals surface area (Å²) in [5.74, 6) is 0.657. The van der Waals surface area contributed by atoms with Gasteiger partial charge in [0.25, 0.3) is 0 Å². The molecule has 2 rings (SSSR count). The second-order valence-corrected chi connectivity index (χ2v) is 4.97. The molecule has 1 aliphatic heterocycles. The average molecular weight is 276 g/mol. The quantitative estimate of drug-likeness (QED) is 0.867. The summed E-state index contributed by atoms with van der Waals surface area (Å²) in [5.41, 5.74) is 1.52. The number of nitrogens with zero attached hydrogens (tertiary/aromatic N) is 2. The van der Waals surface area contributed by atoms with Gasteiger partial charge in [-0.15, -0.1) is 0 Å². The van der Waals surface area contributed by atoms with Crippen molar-refractivity contribution in [3.05, 3.63) is 29.3 Å². The van der Waals surface area contributed by atoms with E-state index in [1.165, 1.54) is 0 Å². The van der Waals surface area contributed by atoms with Gasteiger partial charge in [0.1, 0.15) is 18.5 Å². The van der Waals surface area contributed by atoms with Gasteiger partial charge in [-0.1, -0.05) is 6.07 Å². The van der Waals surface area contributed by atoms with Gasteiger partial charge in [-0.2, -0.15) is 5.26 Å². The number of hydrogen-bond donors (Lipinski definition) is 1. The normalized spacial score (nSPS) is 17.4. The Kier molecular flexibility index (Phi) is 5.36. The monoisotopic (exact) mass is 276 g/mol. The first-order chi connectivity index (χ1) is 9.69. The van der Waals surface area contributed by atoms with Gasteiger partial charge in [0.05, 0.1) is 24.8 Å². The maximum Gasteiger partial charge on any atom is 0.123 e. The largest absolute Gasteiger partial charge is 0.491 e. The van der Waals surface area contributed by atoms with Crippen LogP contribution in [0.2, 0.25) is 0 Å². The molecule has 0 spiro atoms. The minimum atomic E-state index is -0.543. The maximum absolute atomic E-state index is 10.0. The lowest BCUT2D eigenvalue weighted by Gasteiger charge is -2.28. The van der Waals surface area contributed by atoms with Crippen LogP contribution in [-0.4, -0.2) is 55.6 Å². The fraction of sp³-hybridized carbons (Fsp3) is 0.533. The van der Waals surface area contributed by atoms with Crippen molar-refractivity contribution >= 4 is 0 Å². The van der Waals surface area contributed by atoms with Gasteiger partial charge in [-0.3, -0.25) is 4.90 Å². The van der Waals surface area contributed by atoms with Gasteiger partial charge in [-0.05, 0) is 24.6 Å². The topological polar surface area (TPSA) is 65.7 Å². The van der Waals surface area contributed by atoms with E-state index in [0.717, 1.165) is 31.9 Å². The molecule has 1 saturated heterocycles. The SMILES string of the molecule is Cc1ccc(C#N)cc1OCC(O)CN1CCOCC1. The number of ether oxygens (including phenoxy) is 2. The molecule has 1 atom stereocenters. The Bertz CT molecular complexity index is 478. The lowest BCUT2D eigenvalue weighted by molar-refractivity contribution is 0.00460. The van der Waals surface area contributed by atoms with E-state index in [-0.39, 0.29) is 6.61 Å². The summed E-state index contributed by atoms with van der Waals surface area (Å²) >= 11 is 0.